The van der Waals surface area contributed by atoms with E-state index in [2.05, 4.69) is 36.5 Å². The summed E-state index contributed by atoms with van der Waals surface area (Å²) in [5.74, 6) is 0.987. The SMILES string of the molecule is CCn1nc(C)c2c1NC(C(C)(C)C)CC(=O)N2. The molecule has 0 bridgehead atoms. The van der Waals surface area contributed by atoms with Gasteiger partial charge in [-0.15, -0.1) is 0 Å². The number of nitrogens with zero attached hydrogens (tertiary/aromatic N) is 2. The van der Waals surface area contributed by atoms with Gasteiger partial charge in [0.2, 0.25) is 5.91 Å². The fraction of sp³-hybridized carbons (Fsp3) is 0.692. The van der Waals surface area contributed by atoms with Crippen LogP contribution in [0.15, 0.2) is 0 Å². The van der Waals surface area contributed by atoms with E-state index in [1.54, 1.807) is 0 Å². The number of carbonyl (C=O) groups excluding carboxylic acids is 1. The number of carbonyl (C=O) groups is 1. The van der Waals surface area contributed by atoms with E-state index < -0.39 is 0 Å². The van der Waals surface area contributed by atoms with E-state index in [1.165, 1.54) is 0 Å². The Morgan fingerprint density at radius 2 is 2.11 bits per heavy atom. The van der Waals surface area contributed by atoms with Crippen molar-refractivity contribution in [1.29, 1.82) is 0 Å². The summed E-state index contributed by atoms with van der Waals surface area (Å²) in [6.07, 6.45) is 0.487. The molecule has 2 heterocycles. The largest absolute Gasteiger partial charge is 0.365 e. The molecule has 1 atom stereocenters. The molecule has 1 amide bonds. The maximum Gasteiger partial charge on any atom is 0.226 e. The topological polar surface area (TPSA) is 59.0 Å². The minimum atomic E-state index is 0.0235. The van der Waals surface area contributed by atoms with Crippen LogP contribution < -0.4 is 10.6 Å². The number of hydrogen-bond donors (Lipinski definition) is 2. The predicted octanol–water partition coefficient (Wildman–Crippen LogP) is 2.38. The van der Waals surface area contributed by atoms with Gasteiger partial charge in [-0.05, 0) is 19.3 Å². The fourth-order valence-electron chi connectivity index (χ4n) is 2.22. The number of fused-ring (bicyclic) bond motifs is 1. The standard InChI is InChI=1S/C13H22N4O/c1-6-17-12-11(8(2)16-17)15-10(18)7-9(14-12)13(3,4)5/h9,14H,6-7H2,1-5H3,(H,15,18). The number of amides is 1. The van der Waals surface area contributed by atoms with Crippen molar-refractivity contribution < 1.29 is 4.79 Å². The zero-order valence-corrected chi connectivity index (χ0v) is 11.8. The third-order valence-corrected chi connectivity index (χ3v) is 3.44. The quantitative estimate of drug-likeness (QED) is 0.804. The van der Waals surface area contributed by atoms with Crippen LogP contribution >= 0.6 is 0 Å². The lowest BCUT2D eigenvalue weighted by Crippen LogP contribution is -2.36. The molecule has 1 aromatic rings. The number of hydrogen-bond acceptors (Lipinski definition) is 3. The molecular formula is C13H22N4O. The van der Waals surface area contributed by atoms with Crippen molar-refractivity contribution in [3.63, 3.8) is 0 Å². The van der Waals surface area contributed by atoms with Crippen LogP contribution in [-0.2, 0) is 11.3 Å². The maximum absolute atomic E-state index is 12.0. The van der Waals surface area contributed by atoms with Crippen molar-refractivity contribution in [2.45, 2.75) is 53.6 Å². The first-order valence-electron chi connectivity index (χ1n) is 6.46. The fourth-order valence-corrected chi connectivity index (χ4v) is 2.22. The second kappa shape index (κ2) is 4.30. The monoisotopic (exact) mass is 250 g/mol. The Kier molecular flexibility index (Phi) is 3.09. The van der Waals surface area contributed by atoms with Crippen LogP contribution in [0.25, 0.3) is 0 Å². The average molecular weight is 250 g/mol. The first-order valence-corrected chi connectivity index (χ1v) is 6.46. The van der Waals surface area contributed by atoms with E-state index in [4.69, 9.17) is 0 Å². The van der Waals surface area contributed by atoms with Gasteiger partial charge in [0, 0.05) is 19.0 Å². The molecule has 1 aromatic heterocycles. The Morgan fingerprint density at radius 3 is 2.67 bits per heavy atom. The molecule has 0 spiro atoms. The second-order valence-corrected chi connectivity index (χ2v) is 5.94. The molecule has 0 saturated carbocycles. The van der Waals surface area contributed by atoms with Crippen LogP contribution in [0, 0.1) is 12.3 Å². The molecular weight excluding hydrogens is 228 g/mol. The number of aryl methyl sites for hydroxylation is 2. The average Bonchev–Trinajstić information content (AvgIpc) is 2.46. The zero-order chi connectivity index (χ0) is 13.5. The maximum atomic E-state index is 12.0. The van der Waals surface area contributed by atoms with Gasteiger partial charge in [0.15, 0.2) is 0 Å². The van der Waals surface area contributed by atoms with Crippen molar-refractivity contribution in [1.82, 2.24) is 9.78 Å². The summed E-state index contributed by atoms with van der Waals surface area (Å²) in [6.45, 7) is 11.2. The lowest BCUT2D eigenvalue weighted by atomic mass is 9.85. The predicted molar refractivity (Wildman–Crippen MR) is 72.8 cm³/mol. The van der Waals surface area contributed by atoms with Crippen molar-refractivity contribution >= 4 is 17.4 Å². The van der Waals surface area contributed by atoms with Gasteiger partial charge in [-0.1, -0.05) is 20.8 Å². The molecule has 5 nitrogen and oxygen atoms in total. The third kappa shape index (κ3) is 2.21. The van der Waals surface area contributed by atoms with E-state index in [9.17, 15) is 4.79 Å². The summed E-state index contributed by atoms with van der Waals surface area (Å²) in [7, 11) is 0. The Morgan fingerprint density at radius 1 is 1.44 bits per heavy atom. The lowest BCUT2D eigenvalue weighted by Gasteiger charge is -2.30. The minimum Gasteiger partial charge on any atom is -0.365 e. The van der Waals surface area contributed by atoms with E-state index in [-0.39, 0.29) is 17.4 Å². The first kappa shape index (κ1) is 12.9. The molecule has 1 aliphatic heterocycles. The number of anilines is 2. The van der Waals surface area contributed by atoms with Crippen LogP contribution in [-0.4, -0.2) is 21.7 Å². The summed E-state index contributed by atoms with van der Waals surface area (Å²) in [4.78, 5) is 12.0. The van der Waals surface area contributed by atoms with Crippen LogP contribution in [0.5, 0.6) is 0 Å². The summed E-state index contributed by atoms with van der Waals surface area (Å²) in [6, 6.07) is 0.111. The summed E-state index contributed by atoms with van der Waals surface area (Å²) in [5.41, 5.74) is 1.71. The van der Waals surface area contributed by atoms with Gasteiger partial charge < -0.3 is 10.6 Å². The van der Waals surface area contributed by atoms with Gasteiger partial charge in [-0.3, -0.25) is 4.79 Å². The molecule has 2 N–H and O–H groups in total. The lowest BCUT2D eigenvalue weighted by molar-refractivity contribution is -0.116. The van der Waals surface area contributed by atoms with Crippen LogP contribution in [0.4, 0.5) is 11.5 Å². The molecule has 1 aliphatic rings. The highest BCUT2D eigenvalue weighted by Gasteiger charge is 2.32. The molecule has 0 aromatic carbocycles. The highest BCUT2D eigenvalue weighted by Crippen LogP contribution is 2.34. The molecule has 1 unspecified atom stereocenters. The number of rotatable bonds is 1. The van der Waals surface area contributed by atoms with Crippen molar-refractivity contribution in [3.05, 3.63) is 5.69 Å². The van der Waals surface area contributed by atoms with Crippen LogP contribution in [0.2, 0.25) is 0 Å². The van der Waals surface area contributed by atoms with E-state index in [0.29, 0.717) is 6.42 Å². The Hall–Kier alpha value is -1.52. The van der Waals surface area contributed by atoms with Gasteiger partial charge >= 0.3 is 0 Å². The van der Waals surface area contributed by atoms with Gasteiger partial charge in [0.05, 0.1) is 5.69 Å². The number of nitrogens with one attached hydrogen (secondary N) is 2. The molecule has 0 radical (unpaired) electrons. The number of aromatic nitrogens is 2. The normalized spacial score (nSPS) is 19.8. The van der Waals surface area contributed by atoms with Gasteiger partial charge in [-0.25, -0.2) is 4.68 Å². The molecule has 0 aliphatic carbocycles. The van der Waals surface area contributed by atoms with E-state index in [0.717, 1.165) is 23.7 Å². The molecule has 0 saturated heterocycles. The van der Waals surface area contributed by atoms with E-state index in [1.807, 2.05) is 18.5 Å². The van der Waals surface area contributed by atoms with Crippen molar-refractivity contribution in [2.75, 3.05) is 10.6 Å². The smallest absolute Gasteiger partial charge is 0.226 e. The summed E-state index contributed by atoms with van der Waals surface area (Å²) >= 11 is 0. The highest BCUT2D eigenvalue weighted by molar-refractivity contribution is 5.96. The zero-order valence-electron chi connectivity index (χ0n) is 11.8. The first-order chi connectivity index (χ1) is 8.32. The molecule has 2 rings (SSSR count). The molecule has 18 heavy (non-hydrogen) atoms. The Balaban J connectivity index is 2.45. The Labute approximate surface area is 108 Å². The van der Waals surface area contributed by atoms with E-state index >= 15 is 0 Å². The van der Waals surface area contributed by atoms with Gasteiger partial charge in [0.25, 0.3) is 0 Å². The molecule has 100 valence electrons. The third-order valence-electron chi connectivity index (χ3n) is 3.44. The second-order valence-electron chi connectivity index (χ2n) is 5.94. The van der Waals surface area contributed by atoms with Gasteiger partial charge in [0.1, 0.15) is 11.5 Å². The van der Waals surface area contributed by atoms with Crippen molar-refractivity contribution in [2.24, 2.45) is 5.41 Å². The molecule has 5 heteroatoms. The Bertz CT molecular complexity index is 470. The van der Waals surface area contributed by atoms with Crippen LogP contribution in [0.3, 0.4) is 0 Å². The minimum absolute atomic E-state index is 0.0235. The highest BCUT2D eigenvalue weighted by atomic mass is 16.1. The van der Waals surface area contributed by atoms with Crippen molar-refractivity contribution in [3.8, 4) is 0 Å². The van der Waals surface area contributed by atoms with Crippen LogP contribution in [0.1, 0.15) is 39.8 Å². The molecule has 0 fully saturated rings. The van der Waals surface area contributed by atoms with Gasteiger partial charge in [-0.2, -0.15) is 5.10 Å². The summed E-state index contributed by atoms with van der Waals surface area (Å²) < 4.78 is 1.91. The summed E-state index contributed by atoms with van der Waals surface area (Å²) in [5, 5.41) is 10.9.